The molecule has 1 fully saturated rings. The van der Waals surface area contributed by atoms with Crippen molar-refractivity contribution in [3.63, 3.8) is 0 Å². The minimum absolute atomic E-state index is 0.246. The maximum absolute atomic E-state index is 11.7. The Balaban J connectivity index is 2.20. The SMILES string of the molecule is CCCN(CC(=O)NC(=O)NCCOC)CC1CC1. The molecule has 0 aromatic rings. The van der Waals surface area contributed by atoms with Crippen LogP contribution in [0, 0.1) is 5.92 Å². The van der Waals surface area contributed by atoms with Gasteiger partial charge >= 0.3 is 6.03 Å². The molecule has 0 atom stereocenters. The summed E-state index contributed by atoms with van der Waals surface area (Å²) in [5, 5.41) is 4.89. The third-order valence-electron chi connectivity index (χ3n) is 2.97. The minimum atomic E-state index is -0.454. The fourth-order valence-electron chi connectivity index (χ4n) is 1.90. The van der Waals surface area contributed by atoms with Gasteiger partial charge in [-0.3, -0.25) is 15.0 Å². The number of carbonyl (C=O) groups excluding carboxylic acids is 2. The highest BCUT2D eigenvalue weighted by molar-refractivity contribution is 5.95. The Hall–Kier alpha value is -1.14. The van der Waals surface area contributed by atoms with Gasteiger partial charge in [0.2, 0.25) is 5.91 Å². The largest absolute Gasteiger partial charge is 0.383 e. The molecule has 0 aromatic carbocycles. The molecule has 6 heteroatoms. The van der Waals surface area contributed by atoms with E-state index in [1.807, 2.05) is 0 Å². The number of nitrogens with zero attached hydrogens (tertiary/aromatic N) is 1. The number of ether oxygens (including phenoxy) is 1. The van der Waals surface area contributed by atoms with Crippen molar-refractivity contribution in [2.45, 2.75) is 26.2 Å². The van der Waals surface area contributed by atoms with Crippen molar-refractivity contribution in [2.24, 2.45) is 5.92 Å². The zero-order valence-corrected chi connectivity index (χ0v) is 11.9. The van der Waals surface area contributed by atoms with E-state index in [9.17, 15) is 9.59 Å². The van der Waals surface area contributed by atoms with E-state index < -0.39 is 6.03 Å². The zero-order valence-electron chi connectivity index (χ0n) is 11.9. The molecule has 2 N–H and O–H groups in total. The lowest BCUT2D eigenvalue weighted by atomic mass is 10.3. The molecule has 0 aromatic heterocycles. The van der Waals surface area contributed by atoms with Gasteiger partial charge in [-0.2, -0.15) is 0 Å². The van der Waals surface area contributed by atoms with Crippen LogP contribution in [0.4, 0.5) is 4.79 Å². The van der Waals surface area contributed by atoms with Gasteiger partial charge < -0.3 is 10.1 Å². The maximum Gasteiger partial charge on any atom is 0.321 e. The van der Waals surface area contributed by atoms with E-state index in [0.29, 0.717) is 19.7 Å². The van der Waals surface area contributed by atoms with Gasteiger partial charge in [0.15, 0.2) is 0 Å². The first-order valence-electron chi connectivity index (χ1n) is 6.94. The van der Waals surface area contributed by atoms with Crippen molar-refractivity contribution in [1.82, 2.24) is 15.5 Å². The number of amides is 3. The standard InChI is InChI=1S/C13H25N3O3/c1-3-7-16(9-11-4-5-11)10-12(17)15-13(18)14-6-8-19-2/h11H,3-10H2,1-2H3,(H2,14,15,17,18). The quantitative estimate of drug-likeness (QED) is 0.602. The second kappa shape index (κ2) is 8.87. The number of hydrogen-bond acceptors (Lipinski definition) is 4. The maximum atomic E-state index is 11.7. The lowest BCUT2D eigenvalue weighted by Crippen LogP contribution is -2.45. The van der Waals surface area contributed by atoms with E-state index in [1.165, 1.54) is 12.8 Å². The van der Waals surface area contributed by atoms with Crippen LogP contribution in [-0.2, 0) is 9.53 Å². The van der Waals surface area contributed by atoms with E-state index in [4.69, 9.17) is 4.74 Å². The predicted molar refractivity (Wildman–Crippen MR) is 72.9 cm³/mol. The molecule has 0 bridgehead atoms. The summed E-state index contributed by atoms with van der Waals surface area (Å²) in [7, 11) is 1.56. The lowest BCUT2D eigenvalue weighted by Gasteiger charge is -2.20. The van der Waals surface area contributed by atoms with Crippen molar-refractivity contribution < 1.29 is 14.3 Å². The average molecular weight is 271 g/mol. The first-order chi connectivity index (χ1) is 9.15. The second-order valence-electron chi connectivity index (χ2n) is 4.98. The number of methoxy groups -OCH3 is 1. The molecule has 0 radical (unpaired) electrons. The van der Waals surface area contributed by atoms with Crippen molar-refractivity contribution in [3.8, 4) is 0 Å². The van der Waals surface area contributed by atoms with Gasteiger partial charge in [-0.25, -0.2) is 4.79 Å². The topological polar surface area (TPSA) is 70.7 Å². The fraction of sp³-hybridized carbons (Fsp3) is 0.846. The van der Waals surface area contributed by atoms with E-state index >= 15 is 0 Å². The number of imide groups is 1. The normalized spacial score (nSPS) is 14.5. The molecular weight excluding hydrogens is 246 g/mol. The van der Waals surface area contributed by atoms with Gasteiger partial charge in [0, 0.05) is 20.2 Å². The van der Waals surface area contributed by atoms with Gasteiger partial charge in [-0.05, 0) is 31.7 Å². The molecule has 0 unspecified atom stereocenters. The number of urea groups is 1. The van der Waals surface area contributed by atoms with Gasteiger partial charge in [0.05, 0.1) is 13.2 Å². The second-order valence-corrected chi connectivity index (χ2v) is 4.98. The van der Waals surface area contributed by atoms with Crippen LogP contribution >= 0.6 is 0 Å². The van der Waals surface area contributed by atoms with E-state index in [2.05, 4.69) is 22.5 Å². The Morgan fingerprint density at radius 1 is 1.37 bits per heavy atom. The predicted octanol–water partition coefficient (Wildman–Crippen LogP) is 0.581. The minimum Gasteiger partial charge on any atom is -0.383 e. The molecule has 0 heterocycles. The van der Waals surface area contributed by atoms with Crippen molar-refractivity contribution in [1.29, 1.82) is 0 Å². The Kier molecular flexibility index (Phi) is 7.43. The summed E-state index contributed by atoms with van der Waals surface area (Å²) < 4.78 is 4.81. The summed E-state index contributed by atoms with van der Waals surface area (Å²) in [4.78, 5) is 25.2. The molecule has 6 nitrogen and oxygen atoms in total. The van der Waals surface area contributed by atoms with Crippen molar-refractivity contribution in [3.05, 3.63) is 0 Å². The lowest BCUT2D eigenvalue weighted by molar-refractivity contribution is -0.121. The number of hydrogen-bond donors (Lipinski definition) is 2. The molecule has 1 aliphatic carbocycles. The van der Waals surface area contributed by atoms with Crippen LogP contribution in [0.15, 0.2) is 0 Å². The van der Waals surface area contributed by atoms with Gasteiger partial charge in [0.25, 0.3) is 0 Å². The smallest absolute Gasteiger partial charge is 0.321 e. The Morgan fingerprint density at radius 2 is 2.11 bits per heavy atom. The molecule has 110 valence electrons. The van der Waals surface area contributed by atoms with Crippen LogP contribution in [0.5, 0.6) is 0 Å². The third kappa shape index (κ3) is 7.79. The first-order valence-corrected chi connectivity index (χ1v) is 6.94. The Morgan fingerprint density at radius 3 is 2.68 bits per heavy atom. The van der Waals surface area contributed by atoms with Crippen molar-refractivity contribution in [2.75, 3.05) is 39.9 Å². The number of nitrogens with one attached hydrogen (secondary N) is 2. The fourth-order valence-corrected chi connectivity index (χ4v) is 1.90. The molecule has 0 spiro atoms. The van der Waals surface area contributed by atoms with E-state index in [0.717, 1.165) is 25.4 Å². The first kappa shape index (κ1) is 15.9. The van der Waals surface area contributed by atoms with Gasteiger partial charge in [-0.1, -0.05) is 6.92 Å². The van der Waals surface area contributed by atoms with Crippen LogP contribution in [0.1, 0.15) is 26.2 Å². The highest BCUT2D eigenvalue weighted by Crippen LogP contribution is 2.29. The summed E-state index contributed by atoms with van der Waals surface area (Å²) in [5.74, 6) is 0.499. The average Bonchev–Trinajstić information content (AvgIpc) is 3.13. The molecule has 0 aliphatic heterocycles. The van der Waals surface area contributed by atoms with Crippen LogP contribution in [0.2, 0.25) is 0 Å². The van der Waals surface area contributed by atoms with Gasteiger partial charge in [-0.15, -0.1) is 0 Å². The van der Waals surface area contributed by atoms with E-state index in [1.54, 1.807) is 7.11 Å². The number of rotatable bonds is 9. The molecule has 0 saturated heterocycles. The molecule has 1 saturated carbocycles. The van der Waals surface area contributed by atoms with Crippen LogP contribution in [0.25, 0.3) is 0 Å². The third-order valence-corrected chi connectivity index (χ3v) is 2.97. The highest BCUT2D eigenvalue weighted by atomic mass is 16.5. The summed E-state index contributed by atoms with van der Waals surface area (Å²) >= 11 is 0. The number of carbonyl (C=O) groups is 2. The van der Waals surface area contributed by atoms with Crippen LogP contribution in [-0.4, -0.2) is 56.7 Å². The molecule has 1 rings (SSSR count). The summed E-state index contributed by atoms with van der Waals surface area (Å²) in [6.45, 7) is 5.08. The summed E-state index contributed by atoms with van der Waals surface area (Å²) in [6.07, 6.45) is 3.54. The highest BCUT2D eigenvalue weighted by Gasteiger charge is 2.25. The molecular formula is C13H25N3O3. The summed E-state index contributed by atoms with van der Waals surface area (Å²) in [6, 6.07) is -0.454. The Bertz CT molecular complexity index is 293. The van der Waals surface area contributed by atoms with E-state index in [-0.39, 0.29) is 5.91 Å². The molecule has 19 heavy (non-hydrogen) atoms. The monoisotopic (exact) mass is 271 g/mol. The van der Waals surface area contributed by atoms with Crippen molar-refractivity contribution >= 4 is 11.9 Å². The molecule has 1 aliphatic rings. The molecule has 3 amide bonds. The van der Waals surface area contributed by atoms with Crippen LogP contribution in [0.3, 0.4) is 0 Å². The van der Waals surface area contributed by atoms with Crippen LogP contribution < -0.4 is 10.6 Å². The van der Waals surface area contributed by atoms with Gasteiger partial charge in [0.1, 0.15) is 0 Å². The zero-order chi connectivity index (χ0) is 14.1. The summed E-state index contributed by atoms with van der Waals surface area (Å²) in [5.41, 5.74) is 0. The Labute approximate surface area is 114 Å².